The van der Waals surface area contributed by atoms with Crippen molar-refractivity contribution in [2.75, 3.05) is 5.32 Å². The molecule has 4 rings (SSSR count). The van der Waals surface area contributed by atoms with E-state index in [2.05, 4.69) is 22.4 Å². The van der Waals surface area contributed by atoms with Crippen LogP contribution in [0.15, 0.2) is 71.1 Å². The third-order valence-corrected chi connectivity index (χ3v) is 7.12. The van der Waals surface area contributed by atoms with E-state index in [0.29, 0.717) is 10.8 Å². The van der Waals surface area contributed by atoms with E-state index in [0.717, 1.165) is 31.6 Å². The number of carbonyl (C=O) groups is 1. The third kappa shape index (κ3) is 5.58. The van der Waals surface area contributed by atoms with E-state index in [1.807, 2.05) is 49.4 Å². The van der Waals surface area contributed by atoms with Gasteiger partial charge in [-0.2, -0.15) is 0 Å². The molecular formula is C24H21ClN2O2S2. The molecule has 0 aliphatic heterocycles. The maximum Gasteiger partial charge on any atom is 0.265 e. The molecule has 3 aromatic carbocycles. The Hall–Kier alpha value is -2.54. The van der Waals surface area contributed by atoms with Crippen LogP contribution in [-0.2, 0) is 10.5 Å². The van der Waals surface area contributed by atoms with Crippen molar-refractivity contribution in [3.05, 3.63) is 82.9 Å². The van der Waals surface area contributed by atoms with Crippen LogP contribution in [-0.4, -0.2) is 17.0 Å². The average Bonchev–Trinajstić information content (AvgIpc) is 3.17. The molecular weight excluding hydrogens is 448 g/mol. The van der Waals surface area contributed by atoms with Gasteiger partial charge in [0, 0.05) is 16.5 Å². The monoisotopic (exact) mass is 468 g/mol. The number of amides is 1. The Balaban J connectivity index is 1.40. The van der Waals surface area contributed by atoms with Crippen molar-refractivity contribution < 1.29 is 9.53 Å². The fourth-order valence-corrected chi connectivity index (χ4v) is 5.29. The van der Waals surface area contributed by atoms with Gasteiger partial charge in [-0.15, -0.1) is 11.3 Å². The molecule has 0 saturated carbocycles. The number of thioether (sulfide) groups is 1. The smallest absolute Gasteiger partial charge is 0.265 e. The molecule has 0 bridgehead atoms. The summed E-state index contributed by atoms with van der Waals surface area (Å²) in [7, 11) is 0. The number of thiazole rings is 1. The molecule has 0 aliphatic carbocycles. The predicted octanol–water partition coefficient (Wildman–Crippen LogP) is 6.96. The number of fused-ring (bicyclic) bond motifs is 1. The Labute approximate surface area is 194 Å². The number of aromatic nitrogens is 1. The summed E-state index contributed by atoms with van der Waals surface area (Å²) in [5.74, 6) is 1.31. The van der Waals surface area contributed by atoms with Crippen molar-refractivity contribution in [1.82, 2.24) is 4.98 Å². The van der Waals surface area contributed by atoms with E-state index in [4.69, 9.17) is 16.3 Å². The van der Waals surface area contributed by atoms with Crippen molar-refractivity contribution in [1.29, 1.82) is 0 Å². The van der Waals surface area contributed by atoms with E-state index >= 15 is 0 Å². The molecule has 4 nitrogen and oxygen atoms in total. The van der Waals surface area contributed by atoms with Crippen LogP contribution < -0.4 is 10.1 Å². The zero-order chi connectivity index (χ0) is 21.8. The summed E-state index contributed by atoms with van der Waals surface area (Å²) in [5.41, 5.74) is 3.81. The second-order valence-electron chi connectivity index (χ2n) is 7.10. The number of carbonyl (C=O) groups excluding carboxylic acids is 1. The van der Waals surface area contributed by atoms with Crippen LogP contribution in [0.4, 0.5) is 5.69 Å². The zero-order valence-corrected chi connectivity index (χ0v) is 19.5. The number of anilines is 1. The summed E-state index contributed by atoms with van der Waals surface area (Å²) in [6.45, 7) is 3.63. The van der Waals surface area contributed by atoms with Gasteiger partial charge >= 0.3 is 0 Å². The fraction of sp³-hybridized carbons (Fsp3) is 0.167. The molecule has 158 valence electrons. The van der Waals surface area contributed by atoms with E-state index in [1.54, 1.807) is 42.2 Å². The Morgan fingerprint density at radius 3 is 2.74 bits per heavy atom. The molecule has 0 fully saturated rings. The van der Waals surface area contributed by atoms with E-state index in [1.165, 1.54) is 5.56 Å². The predicted molar refractivity (Wildman–Crippen MR) is 131 cm³/mol. The molecule has 1 heterocycles. The number of benzene rings is 3. The molecule has 1 N–H and O–H groups in total. The number of nitrogens with zero attached hydrogens (tertiary/aromatic N) is 1. The number of ether oxygens (including phenoxy) is 1. The molecule has 7 heteroatoms. The van der Waals surface area contributed by atoms with Gasteiger partial charge in [0.05, 0.1) is 10.2 Å². The summed E-state index contributed by atoms with van der Waals surface area (Å²) in [4.78, 5) is 17.3. The van der Waals surface area contributed by atoms with Crippen LogP contribution in [0.3, 0.4) is 0 Å². The second-order valence-corrected chi connectivity index (χ2v) is 9.79. The van der Waals surface area contributed by atoms with Crippen LogP contribution in [0.25, 0.3) is 10.2 Å². The minimum absolute atomic E-state index is 0.211. The molecule has 1 amide bonds. The van der Waals surface area contributed by atoms with Gasteiger partial charge in [0.25, 0.3) is 5.91 Å². The maximum absolute atomic E-state index is 12.6. The number of aryl methyl sites for hydroxylation is 1. The summed E-state index contributed by atoms with van der Waals surface area (Å²) < 4.78 is 7.86. The Kier molecular flexibility index (Phi) is 6.80. The largest absolute Gasteiger partial charge is 0.481 e. The molecule has 31 heavy (non-hydrogen) atoms. The first-order valence-corrected chi connectivity index (χ1v) is 12.0. The fourth-order valence-electron chi connectivity index (χ4n) is 3.00. The second kappa shape index (κ2) is 9.73. The van der Waals surface area contributed by atoms with Gasteiger partial charge in [0.15, 0.2) is 10.4 Å². The van der Waals surface area contributed by atoms with Crippen LogP contribution in [0, 0.1) is 6.92 Å². The first kappa shape index (κ1) is 21.7. The summed E-state index contributed by atoms with van der Waals surface area (Å²) in [5, 5.41) is 3.57. The highest BCUT2D eigenvalue weighted by Gasteiger charge is 2.16. The lowest BCUT2D eigenvalue weighted by atomic mass is 10.2. The quantitative estimate of drug-likeness (QED) is 0.298. The first-order valence-electron chi connectivity index (χ1n) is 9.79. The number of rotatable bonds is 7. The number of hydrogen-bond donors (Lipinski definition) is 1. The topological polar surface area (TPSA) is 51.2 Å². The molecule has 0 radical (unpaired) electrons. The SMILES string of the molecule is Cc1cc(Cl)ccc1OC(C)C(=O)Nc1ccc2nc(SCc3ccccc3)sc2c1. The van der Waals surface area contributed by atoms with Gasteiger partial charge in [0.2, 0.25) is 0 Å². The van der Waals surface area contributed by atoms with Crippen LogP contribution in [0.2, 0.25) is 5.02 Å². The molecule has 4 aromatic rings. The van der Waals surface area contributed by atoms with Crippen LogP contribution in [0.5, 0.6) is 5.75 Å². The van der Waals surface area contributed by atoms with Crippen LogP contribution >= 0.6 is 34.7 Å². The molecule has 1 unspecified atom stereocenters. The van der Waals surface area contributed by atoms with Gasteiger partial charge < -0.3 is 10.1 Å². The van der Waals surface area contributed by atoms with E-state index < -0.39 is 6.10 Å². The van der Waals surface area contributed by atoms with Gasteiger partial charge in [-0.25, -0.2) is 4.98 Å². The minimum Gasteiger partial charge on any atom is -0.481 e. The Morgan fingerprint density at radius 2 is 1.97 bits per heavy atom. The lowest BCUT2D eigenvalue weighted by Crippen LogP contribution is -2.30. The average molecular weight is 469 g/mol. The number of hydrogen-bond acceptors (Lipinski definition) is 5. The maximum atomic E-state index is 12.6. The molecule has 0 saturated heterocycles. The highest BCUT2D eigenvalue weighted by Crippen LogP contribution is 2.33. The van der Waals surface area contributed by atoms with Gasteiger partial charge in [-0.05, 0) is 61.4 Å². The normalized spacial score (nSPS) is 12.0. The lowest BCUT2D eigenvalue weighted by molar-refractivity contribution is -0.122. The molecule has 0 aliphatic rings. The Bertz CT molecular complexity index is 1210. The van der Waals surface area contributed by atoms with Crippen molar-refractivity contribution in [3.63, 3.8) is 0 Å². The highest BCUT2D eigenvalue weighted by atomic mass is 35.5. The van der Waals surface area contributed by atoms with Crippen LogP contribution in [0.1, 0.15) is 18.1 Å². The van der Waals surface area contributed by atoms with Gasteiger partial charge in [-0.1, -0.05) is 53.7 Å². The molecule has 1 atom stereocenters. The third-order valence-electron chi connectivity index (χ3n) is 4.65. The van der Waals surface area contributed by atoms with Crippen molar-refractivity contribution in [2.45, 2.75) is 30.0 Å². The van der Waals surface area contributed by atoms with Crippen molar-refractivity contribution in [2.24, 2.45) is 0 Å². The highest BCUT2D eigenvalue weighted by molar-refractivity contribution is 8.00. The van der Waals surface area contributed by atoms with Gasteiger partial charge in [-0.3, -0.25) is 4.79 Å². The number of halogens is 1. The standard InChI is InChI=1S/C24H21ClN2O2S2/c1-15-12-18(25)8-11-21(15)29-16(2)23(28)26-19-9-10-20-22(13-19)31-24(27-20)30-14-17-6-4-3-5-7-17/h3-13,16H,14H2,1-2H3,(H,26,28). The van der Waals surface area contributed by atoms with E-state index in [-0.39, 0.29) is 5.91 Å². The van der Waals surface area contributed by atoms with Crippen molar-refractivity contribution in [3.8, 4) is 5.75 Å². The lowest BCUT2D eigenvalue weighted by Gasteiger charge is -2.16. The Morgan fingerprint density at radius 1 is 1.16 bits per heavy atom. The minimum atomic E-state index is -0.644. The zero-order valence-electron chi connectivity index (χ0n) is 17.1. The van der Waals surface area contributed by atoms with Gasteiger partial charge in [0.1, 0.15) is 5.75 Å². The number of nitrogens with one attached hydrogen (secondary N) is 1. The molecule has 1 aromatic heterocycles. The first-order chi connectivity index (χ1) is 15.0. The van der Waals surface area contributed by atoms with Crippen molar-refractivity contribution >= 4 is 56.5 Å². The summed E-state index contributed by atoms with van der Waals surface area (Å²) in [6, 6.07) is 21.4. The summed E-state index contributed by atoms with van der Waals surface area (Å²) >= 11 is 9.33. The summed E-state index contributed by atoms with van der Waals surface area (Å²) in [6.07, 6.45) is -0.644. The molecule has 0 spiro atoms. The van der Waals surface area contributed by atoms with E-state index in [9.17, 15) is 4.79 Å².